The molecule has 0 saturated heterocycles. The number of ether oxygens (including phenoxy) is 1. The molecule has 90 valence electrons. The molecule has 0 spiro atoms. The van der Waals surface area contributed by atoms with Crippen LogP contribution in [0.3, 0.4) is 0 Å². The highest BCUT2D eigenvalue weighted by Gasteiger charge is 2.32. The minimum absolute atomic E-state index is 0.0449. The predicted molar refractivity (Wildman–Crippen MR) is 57.2 cm³/mol. The van der Waals surface area contributed by atoms with Gasteiger partial charge in [0.05, 0.1) is 0 Å². The third-order valence-corrected chi connectivity index (χ3v) is 2.28. The SMILES string of the molecule is Oc1ccc(OC(F)(F)CF)c2ccccc12. The first-order valence-electron chi connectivity index (χ1n) is 4.87. The molecule has 2 aromatic carbocycles. The van der Waals surface area contributed by atoms with Gasteiger partial charge < -0.3 is 9.84 Å². The summed E-state index contributed by atoms with van der Waals surface area (Å²) >= 11 is 0. The molecule has 0 fully saturated rings. The van der Waals surface area contributed by atoms with E-state index in [0.717, 1.165) is 0 Å². The van der Waals surface area contributed by atoms with Crippen molar-refractivity contribution in [2.45, 2.75) is 6.11 Å². The summed E-state index contributed by atoms with van der Waals surface area (Å²) in [6.07, 6.45) is -3.86. The number of phenols is 1. The first-order valence-corrected chi connectivity index (χ1v) is 4.87. The van der Waals surface area contributed by atoms with Gasteiger partial charge in [-0.25, -0.2) is 4.39 Å². The van der Waals surface area contributed by atoms with Crippen LogP contribution in [0.4, 0.5) is 13.2 Å². The molecular weight excluding hydrogens is 233 g/mol. The van der Waals surface area contributed by atoms with Gasteiger partial charge in [-0.05, 0) is 12.1 Å². The standard InChI is InChI=1S/C12H9F3O2/c13-7-12(14,15)17-11-6-5-10(16)8-3-1-2-4-9(8)11/h1-6,16H,7H2. The Bertz CT molecular complexity index is 540. The monoisotopic (exact) mass is 242 g/mol. The number of aromatic hydroxyl groups is 1. The van der Waals surface area contributed by atoms with Crippen molar-refractivity contribution < 1.29 is 23.0 Å². The number of fused-ring (bicyclic) bond motifs is 1. The fourth-order valence-corrected chi connectivity index (χ4v) is 1.53. The second-order valence-corrected chi connectivity index (χ2v) is 3.50. The van der Waals surface area contributed by atoms with Crippen LogP contribution in [0.1, 0.15) is 0 Å². The van der Waals surface area contributed by atoms with Crippen molar-refractivity contribution in [2.24, 2.45) is 0 Å². The van der Waals surface area contributed by atoms with E-state index in [1.807, 2.05) is 0 Å². The highest BCUT2D eigenvalue weighted by Crippen LogP contribution is 2.34. The summed E-state index contributed by atoms with van der Waals surface area (Å²) in [5.41, 5.74) is 0. The quantitative estimate of drug-likeness (QED) is 0.892. The first-order chi connectivity index (χ1) is 8.03. The van der Waals surface area contributed by atoms with Gasteiger partial charge >= 0.3 is 6.11 Å². The van der Waals surface area contributed by atoms with Crippen LogP contribution in [-0.4, -0.2) is 17.9 Å². The second kappa shape index (κ2) is 4.16. The van der Waals surface area contributed by atoms with Gasteiger partial charge in [0.25, 0.3) is 0 Å². The zero-order valence-electron chi connectivity index (χ0n) is 8.66. The Morgan fingerprint density at radius 3 is 2.35 bits per heavy atom. The summed E-state index contributed by atoms with van der Waals surface area (Å²) in [4.78, 5) is 0. The Kier molecular flexibility index (Phi) is 2.83. The second-order valence-electron chi connectivity index (χ2n) is 3.50. The average molecular weight is 242 g/mol. The Labute approximate surface area is 95.2 Å². The molecule has 0 aliphatic rings. The maximum atomic E-state index is 12.8. The van der Waals surface area contributed by atoms with Crippen LogP contribution in [0.5, 0.6) is 11.5 Å². The lowest BCUT2D eigenvalue weighted by molar-refractivity contribution is -0.185. The first kappa shape index (κ1) is 11.6. The highest BCUT2D eigenvalue weighted by atomic mass is 19.3. The third-order valence-electron chi connectivity index (χ3n) is 2.28. The van der Waals surface area contributed by atoms with E-state index in [9.17, 15) is 18.3 Å². The molecule has 0 aliphatic carbocycles. The summed E-state index contributed by atoms with van der Waals surface area (Å²) in [6, 6.07) is 8.75. The van der Waals surface area contributed by atoms with E-state index in [2.05, 4.69) is 4.74 Å². The van der Waals surface area contributed by atoms with Gasteiger partial charge in [0.2, 0.25) is 0 Å². The number of hydrogen-bond acceptors (Lipinski definition) is 2. The van der Waals surface area contributed by atoms with E-state index in [0.29, 0.717) is 10.8 Å². The lowest BCUT2D eigenvalue weighted by Gasteiger charge is -2.16. The van der Waals surface area contributed by atoms with Crippen LogP contribution in [0.2, 0.25) is 0 Å². The maximum absolute atomic E-state index is 12.8. The highest BCUT2D eigenvalue weighted by molar-refractivity contribution is 5.92. The lowest BCUT2D eigenvalue weighted by atomic mass is 10.1. The summed E-state index contributed by atoms with van der Waals surface area (Å²) in [5, 5.41) is 10.2. The molecule has 0 bridgehead atoms. The molecule has 2 nitrogen and oxygen atoms in total. The minimum Gasteiger partial charge on any atom is -0.507 e. The topological polar surface area (TPSA) is 29.5 Å². The molecule has 0 heterocycles. The zero-order valence-corrected chi connectivity index (χ0v) is 8.66. The number of hydrogen-bond donors (Lipinski definition) is 1. The van der Waals surface area contributed by atoms with Crippen molar-refractivity contribution in [1.29, 1.82) is 0 Å². The van der Waals surface area contributed by atoms with E-state index in [-0.39, 0.29) is 11.5 Å². The van der Waals surface area contributed by atoms with Crippen molar-refractivity contribution in [3.8, 4) is 11.5 Å². The van der Waals surface area contributed by atoms with Crippen LogP contribution in [0, 0.1) is 0 Å². The molecule has 0 amide bonds. The van der Waals surface area contributed by atoms with Gasteiger partial charge in [0.15, 0.2) is 6.67 Å². The van der Waals surface area contributed by atoms with Crippen LogP contribution >= 0.6 is 0 Å². The van der Waals surface area contributed by atoms with E-state index in [4.69, 9.17) is 0 Å². The van der Waals surface area contributed by atoms with E-state index in [1.54, 1.807) is 18.2 Å². The van der Waals surface area contributed by atoms with Crippen molar-refractivity contribution in [2.75, 3.05) is 6.67 Å². The number of alkyl halides is 3. The van der Waals surface area contributed by atoms with Crippen molar-refractivity contribution in [3.05, 3.63) is 36.4 Å². The normalized spacial score (nSPS) is 11.7. The van der Waals surface area contributed by atoms with E-state index < -0.39 is 12.8 Å². The minimum atomic E-state index is -3.86. The fraction of sp³-hybridized carbons (Fsp3) is 0.167. The van der Waals surface area contributed by atoms with E-state index >= 15 is 0 Å². The molecule has 0 unspecified atom stereocenters. The molecule has 0 saturated carbocycles. The van der Waals surface area contributed by atoms with Crippen molar-refractivity contribution in [3.63, 3.8) is 0 Å². The van der Waals surface area contributed by atoms with Crippen molar-refractivity contribution in [1.82, 2.24) is 0 Å². The largest absolute Gasteiger partial charge is 0.507 e. The average Bonchev–Trinajstić information content (AvgIpc) is 2.33. The smallest absolute Gasteiger partial charge is 0.427 e. The lowest BCUT2D eigenvalue weighted by Crippen LogP contribution is -2.27. The molecule has 0 atom stereocenters. The number of benzene rings is 2. The Balaban J connectivity index is 2.52. The molecule has 2 aromatic rings. The zero-order chi connectivity index (χ0) is 12.5. The third kappa shape index (κ3) is 2.27. The Hall–Kier alpha value is -1.91. The number of phenolic OH excluding ortho intramolecular Hbond substituents is 1. The molecule has 5 heteroatoms. The summed E-state index contributed by atoms with van der Waals surface area (Å²) in [6.45, 7) is -1.90. The van der Waals surface area contributed by atoms with Crippen LogP contribution < -0.4 is 4.74 Å². The number of halogens is 3. The van der Waals surface area contributed by atoms with Crippen LogP contribution in [-0.2, 0) is 0 Å². The van der Waals surface area contributed by atoms with E-state index in [1.165, 1.54) is 18.2 Å². The van der Waals surface area contributed by atoms with Crippen molar-refractivity contribution >= 4 is 10.8 Å². The molecule has 0 aromatic heterocycles. The van der Waals surface area contributed by atoms with Gasteiger partial charge in [-0.1, -0.05) is 24.3 Å². The molecule has 0 radical (unpaired) electrons. The fourth-order valence-electron chi connectivity index (χ4n) is 1.53. The molecule has 17 heavy (non-hydrogen) atoms. The Morgan fingerprint density at radius 1 is 1.06 bits per heavy atom. The van der Waals surface area contributed by atoms with Gasteiger partial charge in [-0.2, -0.15) is 8.78 Å². The van der Waals surface area contributed by atoms with Crippen LogP contribution in [0.15, 0.2) is 36.4 Å². The molecule has 2 rings (SSSR count). The maximum Gasteiger partial charge on any atom is 0.427 e. The Morgan fingerprint density at radius 2 is 1.71 bits per heavy atom. The number of rotatable bonds is 3. The summed E-state index contributed by atoms with van der Waals surface area (Å²) in [7, 11) is 0. The van der Waals surface area contributed by atoms with Crippen LogP contribution in [0.25, 0.3) is 10.8 Å². The van der Waals surface area contributed by atoms with Gasteiger partial charge in [-0.15, -0.1) is 0 Å². The van der Waals surface area contributed by atoms with Gasteiger partial charge in [-0.3, -0.25) is 0 Å². The van der Waals surface area contributed by atoms with Gasteiger partial charge in [0, 0.05) is 10.8 Å². The predicted octanol–water partition coefficient (Wildman–Crippen LogP) is 3.49. The molecular formula is C12H9F3O2. The summed E-state index contributed by atoms with van der Waals surface area (Å²) in [5.74, 6) is -0.211. The molecule has 0 aliphatic heterocycles. The van der Waals surface area contributed by atoms with Gasteiger partial charge in [0.1, 0.15) is 11.5 Å². The summed E-state index contributed by atoms with van der Waals surface area (Å²) < 4.78 is 41.9. The molecule has 1 N–H and O–H groups in total.